The Balaban J connectivity index is 1.55. The van der Waals surface area contributed by atoms with E-state index in [0.717, 1.165) is 17.6 Å². The van der Waals surface area contributed by atoms with Gasteiger partial charge in [-0.05, 0) is 61.4 Å². The van der Waals surface area contributed by atoms with E-state index < -0.39 is 0 Å². The van der Waals surface area contributed by atoms with Gasteiger partial charge in [-0.15, -0.1) is 0 Å². The first kappa shape index (κ1) is 17.2. The van der Waals surface area contributed by atoms with Crippen molar-refractivity contribution >= 4 is 23.1 Å². The summed E-state index contributed by atoms with van der Waals surface area (Å²) in [6, 6.07) is 16.0. The van der Waals surface area contributed by atoms with Crippen molar-refractivity contribution in [3.05, 3.63) is 74.8 Å². The van der Waals surface area contributed by atoms with Crippen LogP contribution in [0.5, 0.6) is 0 Å². The predicted octanol–water partition coefficient (Wildman–Crippen LogP) is 4.09. The fraction of sp³-hybridized carbons (Fsp3) is 0.333. The minimum atomic E-state index is -0.0401. The second-order valence-corrected chi connectivity index (χ2v) is 7.41. The second-order valence-electron chi connectivity index (χ2n) is 7.02. The van der Waals surface area contributed by atoms with Crippen molar-refractivity contribution in [3.8, 4) is 0 Å². The molecule has 1 fully saturated rings. The van der Waals surface area contributed by atoms with Crippen LogP contribution in [0.2, 0.25) is 0 Å². The van der Waals surface area contributed by atoms with Gasteiger partial charge in [-0.3, -0.25) is 14.3 Å². The summed E-state index contributed by atoms with van der Waals surface area (Å²) >= 11 is 5.40. The summed E-state index contributed by atoms with van der Waals surface area (Å²) < 4.78 is 2.10. The minimum Gasteiger partial charge on any atom is -0.332 e. The second kappa shape index (κ2) is 7.56. The summed E-state index contributed by atoms with van der Waals surface area (Å²) in [6.07, 6.45) is 3.97. The minimum absolute atomic E-state index is 0.0401. The molecule has 4 rings (SSSR count). The van der Waals surface area contributed by atoms with Gasteiger partial charge in [0.15, 0.2) is 4.77 Å². The lowest BCUT2D eigenvalue weighted by Crippen LogP contribution is -2.29. The number of H-pyrrole nitrogens is 1. The molecule has 1 aliphatic rings. The molecule has 0 amide bonds. The van der Waals surface area contributed by atoms with Crippen LogP contribution >= 0.6 is 12.2 Å². The molecule has 4 nitrogen and oxygen atoms in total. The van der Waals surface area contributed by atoms with E-state index in [-0.39, 0.29) is 5.56 Å². The van der Waals surface area contributed by atoms with Crippen molar-refractivity contribution in [2.75, 3.05) is 13.1 Å². The smallest absolute Gasteiger partial charge is 0.262 e. The monoisotopic (exact) mass is 365 g/mol. The van der Waals surface area contributed by atoms with E-state index in [9.17, 15) is 4.79 Å². The van der Waals surface area contributed by atoms with Gasteiger partial charge in [-0.1, -0.05) is 42.8 Å². The van der Waals surface area contributed by atoms with E-state index in [2.05, 4.69) is 34.1 Å². The molecule has 0 aliphatic carbocycles. The van der Waals surface area contributed by atoms with Gasteiger partial charge < -0.3 is 4.98 Å². The average Bonchev–Trinajstić information content (AvgIpc) is 2.67. The predicted molar refractivity (Wildman–Crippen MR) is 108 cm³/mol. The lowest BCUT2D eigenvalue weighted by atomic mass is 10.1. The van der Waals surface area contributed by atoms with Crippen LogP contribution in [0.3, 0.4) is 0 Å². The van der Waals surface area contributed by atoms with Crippen LogP contribution < -0.4 is 5.56 Å². The number of nitrogens with zero attached hydrogens (tertiary/aromatic N) is 2. The number of aromatic nitrogens is 2. The van der Waals surface area contributed by atoms with Crippen molar-refractivity contribution in [1.82, 2.24) is 14.5 Å². The van der Waals surface area contributed by atoms with Crippen LogP contribution in [0.25, 0.3) is 10.9 Å². The fourth-order valence-corrected chi connectivity index (χ4v) is 3.91. The summed E-state index contributed by atoms with van der Waals surface area (Å²) in [5.41, 5.74) is 3.16. The number of para-hydroxylation sites is 1. The first-order valence-electron chi connectivity index (χ1n) is 9.23. The molecule has 1 aliphatic heterocycles. The first-order chi connectivity index (χ1) is 12.7. The third kappa shape index (κ3) is 3.64. The molecule has 26 heavy (non-hydrogen) atoms. The Morgan fingerprint density at radius 1 is 0.885 bits per heavy atom. The highest BCUT2D eigenvalue weighted by molar-refractivity contribution is 7.71. The Kier molecular flexibility index (Phi) is 5.00. The number of fused-ring (bicyclic) bond motifs is 1. The molecule has 0 radical (unpaired) electrons. The summed E-state index contributed by atoms with van der Waals surface area (Å²) in [4.78, 5) is 18.4. The van der Waals surface area contributed by atoms with Crippen LogP contribution in [-0.2, 0) is 13.1 Å². The van der Waals surface area contributed by atoms with Crippen LogP contribution in [0, 0.1) is 4.77 Å². The number of likely N-dealkylation sites (tertiary alicyclic amines) is 1. The maximum absolute atomic E-state index is 12.8. The van der Waals surface area contributed by atoms with Crippen LogP contribution in [0.15, 0.2) is 53.3 Å². The molecule has 134 valence electrons. The number of hydrogen-bond donors (Lipinski definition) is 1. The van der Waals surface area contributed by atoms with E-state index >= 15 is 0 Å². The molecule has 0 unspecified atom stereocenters. The summed E-state index contributed by atoms with van der Waals surface area (Å²) in [5.74, 6) is 0. The van der Waals surface area contributed by atoms with E-state index in [1.54, 1.807) is 4.57 Å². The first-order valence-corrected chi connectivity index (χ1v) is 9.63. The van der Waals surface area contributed by atoms with Gasteiger partial charge >= 0.3 is 0 Å². The number of aromatic amines is 1. The molecule has 0 bridgehead atoms. The van der Waals surface area contributed by atoms with Crippen molar-refractivity contribution in [1.29, 1.82) is 0 Å². The topological polar surface area (TPSA) is 41.0 Å². The molecule has 0 spiro atoms. The van der Waals surface area contributed by atoms with E-state index in [1.165, 1.54) is 37.9 Å². The van der Waals surface area contributed by atoms with Gasteiger partial charge in [0.05, 0.1) is 17.4 Å². The quantitative estimate of drug-likeness (QED) is 0.708. The molecule has 1 saturated heterocycles. The van der Waals surface area contributed by atoms with Gasteiger partial charge in [0.1, 0.15) is 0 Å². The highest BCUT2D eigenvalue weighted by atomic mass is 32.1. The van der Waals surface area contributed by atoms with Crippen molar-refractivity contribution in [2.24, 2.45) is 0 Å². The molecule has 1 aromatic heterocycles. The number of piperidine rings is 1. The Morgan fingerprint density at radius 3 is 2.27 bits per heavy atom. The summed E-state index contributed by atoms with van der Waals surface area (Å²) in [5, 5.41) is 0.669. The van der Waals surface area contributed by atoms with Gasteiger partial charge in [0.2, 0.25) is 0 Å². The standard InChI is InChI=1S/C21H23N3OS/c25-20-18-6-2-3-7-19(18)22-21(26)24(20)15-17-10-8-16(9-11-17)14-23-12-4-1-5-13-23/h2-3,6-11H,1,4-5,12-15H2,(H,22,26). The molecule has 0 atom stereocenters. The van der Waals surface area contributed by atoms with Crippen LogP contribution in [0.1, 0.15) is 30.4 Å². The van der Waals surface area contributed by atoms with Crippen molar-refractivity contribution < 1.29 is 0 Å². The number of nitrogens with one attached hydrogen (secondary N) is 1. The molecule has 2 aromatic carbocycles. The Labute approximate surface area is 158 Å². The molecular weight excluding hydrogens is 342 g/mol. The van der Waals surface area contributed by atoms with Crippen LogP contribution in [0.4, 0.5) is 0 Å². The Morgan fingerprint density at radius 2 is 1.54 bits per heavy atom. The highest BCUT2D eigenvalue weighted by Crippen LogP contribution is 2.14. The van der Waals surface area contributed by atoms with Crippen molar-refractivity contribution in [3.63, 3.8) is 0 Å². The average molecular weight is 366 g/mol. The van der Waals surface area contributed by atoms with E-state index in [0.29, 0.717) is 16.7 Å². The highest BCUT2D eigenvalue weighted by Gasteiger charge is 2.10. The summed E-state index contributed by atoms with van der Waals surface area (Å²) in [6.45, 7) is 3.89. The number of benzene rings is 2. The molecule has 2 heterocycles. The lowest BCUT2D eigenvalue weighted by molar-refractivity contribution is 0.221. The maximum Gasteiger partial charge on any atom is 0.262 e. The molecule has 0 saturated carbocycles. The largest absolute Gasteiger partial charge is 0.332 e. The number of rotatable bonds is 4. The zero-order chi connectivity index (χ0) is 17.9. The van der Waals surface area contributed by atoms with Gasteiger partial charge in [0, 0.05) is 6.54 Å². The molecule has 5 heteroatoms. The van der Waals surface area contributed by atoms with Crippen molar-refractivity contribution in [2.45, 2.75) is 32.4 Å². The van der Waals surface area contributed by atoms with Gasteiger partial charge in [-0.2, -0.15) is 0 Å². The van der Waals surface area contributed by atoms with E-state index in [4.69, 9.17) is 12.2 Å². The zero-order valence-corrected chi connectivity index (χ0v) is 15.6. The Hall–Kier alpha value is -2.24. The number of hydrogen-bond acceptors (Lipinski definition) is 3. The fourth-order valence-electron chi connectivity index (χ4n) is 3.65. The molecular formula is C21H23N3OS. The third-order valence-electron chi connectivity index (χ3n) is 5.11. The van der Waals surface area contributed by atoms with Gasteiger partial charge in [-0.25, -0.2) is 0 Å². The third-order valence-corrected chi connectivity index (χ3v) is 5.43. The normalized spacial score (nSPS) is 15.4. The Bertz CT molecular complexity index is 1010. The SMILES string of the molecule is O=c1c2ccccc2[nH]c(=S)n1Cc1ccc(CN2CCCCC2)cc1. The van der Waals surface area contributed by atoms with E-state index in [1.807, 2.05) is 24.3 Å². The van der Waals surface area contributed by atoms with Gasteiger partial charge in [0.25, 0.3) is 5.56 Å². The van der Waals surface area contributed by atoms with Crippen LogP contribution in [-0.4, -0.2) is 27.5 Å². The zero-order valence-electron chi connectivity index (χ0n) is 14.8. The molecule has 1 N–H and O–H groups in total. The lowest BCUT2D eigenvalue weighted by Gasteiger charge is -2.26. The maximum atomic E-state index is 12.8. The molecule has 3 aromatic rings. The summed E-state index contributed by atoms with van der Waals surface area (Å²) in [7, 11) is 0.